The molecule has 0 unspecified atom stereocenters. The maximum Gasteiger partial charge on any atom is 0.287 e. The summed E-state index contributed by atoms with van der Waals surface area (Å²) in [5.41, 5.74) is 1.72. The second-order valence-electron chi connectivity index (χ2n) is 4.77. The van der Waals surface area contributed by atoms with Crippen LogP contribution in [0.1, 0.15) is 5.56 Å². The monoisotopic (exact) mass is 358 g/mol. The average molecular weight is 359 g/mol. The van der Waals surface area contributed by atoms with E-state index in [0.717, 1.165) is 0 Å². The van der Waals surface area contributed by atoms with E-state index in [1.165, 1.54) is 18.2 Å². The van der Waals surface area contributed by atoms with E-state index >= 15 is 0 Å². The molecule has 1 aliphatic rings. The number of halogens is 3. The molecule has 3 rings (SSSR count). The molecule has 2 aromatic carbocycles. The summed E-state index contributed by atoms with van der Waals surface area (Å²) >= 11 is 11.8. The molecule has 0 radical (unpaired) electrons. The maximum absolute atomic E-state index is 13.7. The van der Waals surface area contributed by atoms with Crippen molar-refractivity contribution in [1.29, 1.82) is 0 Å². The van der Waals surface area contributed by atoms with Gasteiger partial charge in [0, 0.05) is 11.1 Å². The number of hydrogen-bond donors (Lipinski definition) is 1. The van der Waals surface area contributed by atoms with Crippen LogP contribution < -0.4 is 5.32 Å². The topological polar surface area (TPSA) is 58.5 Å². The van der Waals surface area contributed by atoms with Gasteiger partial charge in [-0.25, -0.2) is 4.39 Å². The Balaban J connectivity index is 2.37. The second kappa shape index (κ2) is 5.22. The number of hydrogen-bond acceptors (Lipinski definition) is 3. The third-order valence-corrected chi connectivity index (χ3v) is 5.16. The van der Waals surface area contributed by atoms with Crippen molar-refractivity contribution in [2.75, 3.05) is 5.32 Å². The highest BCUT2D eigenvalue weighted by molar-refractivity contribution is 7.90. The van der Waals surface area contributed by atoms with Crippen molar-refractivity contribution in [3.63, 3.8) is 0 Å². The van der Waals surface area contributed by atoms with E-state index in [1.54, 1.807) is 19.1 Å². The molecule has 0 atom stereocenters. The number of fused-ring (bicyclic) bond motifs is 1. The first-order valence-corrected chi connectivity index (χ1v) is 8.36. The van der Waals surface area contributed by atoms with Gasteiger partial charge in [-0.15, -0.1) is 4.40 Å². The third-order valence-electron chi connectivity index (χ3n) is 3.19. The van der Waals surface area contributed by atoms with Crippen LogP contribution in [0.25, 0.3) is 11.1 Å². The number of benzene rings is 2. The predicted molar refractivity (Wildman–Crippen MR) is 85.7 cm³/mol. The van der Waals surface area contributed by atoms with Crippen LogP contribution in [-0.2, 0) is 10.0 Å². The van der Waals surface area contributed by atoms with Gasteiger partial charge in [-0.05, 0) is 42.3 Å². The van der Waals surface area contributed by atoms with Crippen molar-refractivity contribution in [2.45, 2.75) is 11.8 Å². The number of amidine groups is 1. The Morgan fingerprint density at radius 1 is 1.18 bits per heavy atom. The van der Waals surface area contributed by atoms with Crippen LogP contribution in [-0.4, -0.2) is 13.7 Å². The van der Waals surface area contributed by atoms with Crippen molar-refractivity contribution in [1.82, 2.24) is 0 Å². The number of nitrogens with zero attached hydrogens (tertiary/aromatic N) is 1. The molecular formula is C14H9Cl2FN2O2S. The summed E-state index contributed by atoms with van der Waals surface area (Å²) in [5, 5.41) is 2.35. The normalized spacial score (nSPS) is 15.7. The molecule has 0 spiro atoms. The lowest BCUT2D eigenvalue weighted by Crippen LogP contribution is -2.18. The molecule has 8 heteroatoms. The zero-order valence-electron chi connectivity index (χ0n) is 11.2. The lowest BCUT2D eigenvalue weighted by Gasteiger charge is -2.20. The van der Waals surface area contributed by atoms with Gasteiger partial charge in [0.25, 0.3) is 10.0 Å². The van der Waals surface area contributed by atoms with Gasteiger partial charge in [0.15, 0.2) is 0 Å². The fourth-order valence-electron chi connectivity index (χ4n) is 2.29. The van der Waals surface area contributed by atoms with E-state index in [-0.39, 0.29) is 20.9 Å². The Hall–Kier alpha value is -1.63. The van der Waals surface area contributed by atoms with Gasteiger partial charge in [-0.1, -0.05) is 23.7 Å². The maximum atomic E-state index is 13.7. The van der Waals surface area contributed by atoms with Crippen LogP contribution >= 0.6 is 23.2 Å². The summed E-state index contributed by atoms with van der Waals surface area (Å²) in [7, 11) is -3.91. The van der Waals surface area contributed by atoms with Crippen LogP contribution in [0.3, 0.4) is 0 Å². The van der Waals surface area contributed by atoms with E-state index in [9.17, 15) is 12.8 Å². The molecule has 0 amide bonds. The largest absolute Gasteiger partial charge is 0.328 e. The Morgan fingerprint density at radius 2 is 1.91 bits per heavy atom. The molecule has 1 aliphatic heterocycles. The SMILES string of the molecule is Cc1cc(-c2cccc(F)c2Cl)c2c(c1)S(=O)(=O)N=C(Cl)N2. The lowest BCUT2D eigenvalue weighted by molar-refractivity contribution is 0.598. The molecular weight excluding hydrogens is 350 g/mol. The van der Waals surface area contributed by atoms with Crippen LogP contribution in [0.15, 0.2) is 39.6 Å². The molecule has 4 nitrogen and oxygen atoms in total. The molecule has 22 heavy (non-hydrogen) atoms. The van der Waals surface area contributed by atoms with Crippen molar-refractivity contribution >= 4 is 44.2 Å². The van der Waals surface area contributed by atoms with Crippen LogP contribution in [0.2, 0.25) is 5.02 Å². The standard InChI is InChI=1S/C14H9Cl2FN2O2S/c1-7-5-9(8-3-2-4-10(17)12(8)15)13-11(6-7)22(20,21)19-14(16)18-13/h2-6H,1H3,(H,18,19). The first-order valence-electron chi connectivity index (χ1n) is 6.16. The third kappa shape index (κ3) is 2.47. The number of anilines is 1. The molecule has 0 fully saturated rings. The first-order chi connectivity index (χ1) is 10.3. The minimum absolute atomic E-state index is 0.0211. The van der Waals surface area contributed by atoms with Gasteiger partial charge in [0.05, 0.1) is 10.7 Å². The van der Waals surface area contributed by atoms with Crippen molar-refractivity contribution in [3.8, 4) is 11.1 Å². The molecule has 0 aliphatic carbocycles. The molecule has 0 aromatic heterocycles. The summed E-state index contributed by atoms with van der Waals surface area (Å²) < 4.78 is 41.4. The number of aryl methyl sites for hydroxylation is 1. The van der Waals surface area contributed by atoms with Crippen molar-refractivity contribution < 1.29 is 12.8 Å². The zero-order valence-corrected chi connectivity index (χ0v) is 13.5. The van der Waals surface area contributed by atoms with Crippen LogP contribution in [0, 0.1) is 12.7 Å². The van der Waals surface area contributed by atoms with Gasteiger partial charge in [0.2, 0.25) is 5.29 Å². The predicted octanol–water partition coefficient (Wildman–Crippen LogP) is 4.16. The van der Waals surface area contributed by atoms with Gasteiger partial charge in [-0.2, -0.15) is 8.42 Å². The Kier molecular flexibility index (Phi) is 3.63. The van der Waals surface area contributed by atoms with Gasteiger partial charge in [-0.3, -0.25) is 0 Å². The van der Waals surface area contributed by atoms with Gasteiger partial charge in [0.1, 0.15) is 10.7 Å². The summed E-state index contributed by atoms with van der Waals surface area (Å²) in [4.78, 5) is -0.0211. The quantitative estimate of drug-likeness (QED) is 0.778. The number of sulfonamides is 1. The zero-order chi connectivity index (χ0) is 16.1. The van der Waals surface area contributed by atoms with Gasteiger partial charge >= 0.3 is 0 Å². The van der Waals surface area contributed by atoms with E-state index in [2.05, 4.69) is 9.71 Å². The summed E-state index contributed by atoms with van der Waals surface area (Å²) in [6.45, 7) is 1.73. The number of rotatable bonds is 1. The fourth-order valence-corrected chi connectivity index (χ4v) is 3.99. The molecule has 2 aromatic rings. The van der Waals surface area contributed by atoms with E-state index < -0.39 is 15.8 Å². The highest BCUT2D eigenvalue weighted by Crippen LogP contribution is 2.41. The minimum atomic E-state index is -3.91. The molecule has 1 N–H and O–H groups in total. The van der Waals surface area contributed by atoms with Crippen molar-refractivity contribution in [3.05, 3.63) is 46.7 Å². The molecule has 1 heterocycles. The van der Waals surface area contributed by atoms with Gasteiger partial charge < -0.3 is 5.32 Å². The van der Waals surface area contributed by atoms with E-state index in [1.807, 2.05) is 0 Å². The first kappa shape index (κ1) is 15.3. The van der Waals surface area contributed by atoms with Crippen LogP contribution in [0.4, 0.5) is 10.1 Å². The van der Waals surface area contributed by atoms with Crippen molar-refractivity contribution in [2.24, 2.45) is 4.40 Å². The molecule has 0 bridgehead atoms. The Labute approximate surface area is 136 Å². The minimum Gasteiger partial charge on any atom is -0.328 e. The van der Waals surface area contributed by atoms with E-state index in [0.29, 0.717) is 16.7 Å². The Bertz CT molecular complexity index is 927. The summed E-state index contributed by atoms with van der Waals surface area (Å²) in [6, 6.07) is 7.51. The molecule has 0 saturated carbocycles. The molecule has 114 valence electrons. The fraction of sp³-hybridized carbons (Fsp3) is 0.0714. The highest BCUT2D eigenvalue weighted by Gasteiger charge is 2.28. The smallest absolute Gasteiger partial charge is 0.287 e. The number of nitrogens with one attached hydrogen (secondary N) is 1. The highest BCUT2D eigenvalue weighted by atomic mass is 35.5. The lowest BCUT2D eigenvalue weighted by atomic mass is 10.0. The van der Waals surface area contributed by atoms with Crippen LogP contribution in [0.5, 0.6) is 0 Å². The van der Waals surface area contributed by atoms with E-state index in [4.69, 9.17) is 23.2 Å². The summed E-state index contributed by atoms with van der Waals surface area (Å²) in [5.74, 6) is -0.590. The molecule has 0 saturated heterocycles. The average Bonchev–Trinajstić information content (AvgIpc) is 2.42. The summed E-state index contributed by atoms with van der Waals surface area (Å²) in [6.07, 6.45) is 0. The Morgan fingerprint density at radius 3 is 2.64 bits per heavy atom. The second-order valence-corrected chi connectivity index (χ2v) is 7.08.